The summed E-state index contributed by atoms with van der Waals surface area (Å²) in [5.74, 6) is 0. The minimum Gasteiger partial charge on any atom is -0.394 e. The van der Waals surface area contributed by atoms with E-state index in [0.717, 1.165) is 0 Å². The van der Waals surface area contributed by atoms with Crippen LogP contribution in [0.5, 0.6) is 0 Å². The van der Waals surface area contributed by atoms with E-state index in [-0.39, 0.29) is 10.5 Å². The topological polar surface area (TPSA) is 69.9 Å². The number of hydrogen-bond donors (Lipinski definition) is 3. The molecule has 4 nitrogen and oxygen atoms in total. The summed E-state index contributed by atoms with van der Waals surface area (Å²) in [6.07, 6.45) is -2.46. The molecule has 0 amide bonds. The highest BCUT2D eigenvalue weighted by Gasteiger charge is 2.40. The van der Waals surface area contributed by atoms with E-state index in [2.05, 4.69) is 0 Å². The van der Waals surface area contributed by atoms with Gasteiger partial charge in [-0.15, -0.1) is 0 Å². The van der Waals surface area contributed by atoms with Gasteiger partial charge in [-0.25, -0.2) is 0 Å². The number of alkyl halides is 1. The first-order valence-corrected chi connectivity index (χ1v) is 4.18. The first kappa shape index (κ1) is 8.66. The van der Waals surface area contributed by atoms with Gasteiger partial charge in [-0.1, -0.05) is 22.6 Å². The molecule has 4 unspecified atom stereocenters. The van der Waals surface area contributed by atoms with Gasteiger partial charge >= 0.3 is 0 Å². The molecule has 1 fully saturated rings. The molecule has 0 aromatic carbocycles. The van der Waals surface area contributed by atoms with Gasteiger partial charge in [0.1, 0.15) is 6.10 Å². The van der Waals surface area contributed by atoms with Crippen LogP contribution in [0.15, 0.2) is 0 Å². The first-order chi connectivity index (χ1) is 4.66. The third-order valence-corrected chi connectivity index (χ3v) is 3.01. The first-order valence-electron chi connectivity index (χ1n) is 2.93. The van der Waals surface area contributed by atoms with Gasteiger partial charge in [0, 0.05) is 0 Å². The molecule has 60 valence electrons. The number of aliphatic hydroxyl groups excluding tert-OH is 3. The monoisotopic (exact) mass is 260 g/mol. The highest BCUT2D eigenvalue weighted by Crippen LogP contribution is 2.25. The molecular formula is C5H9IO4. The van der Waals surface area contributed by atoms with Crippen molar-refractivity contribution in [3.05, 3.63) is 0 Å². The van der Waals surface area contributed by atoms with Crippen LogP contribution in [0.3, 0.4) is 0 Å². The van der Waals surface area contributed by atoms with E-state index in [4.69, 9.17) is 20.1 Å². The fraction of sp³-hybridized carbons (Fsp3) is 1.00. The standard InChI is InChI=1S/C5H9IO4/c6-3-2(1-7)10-5(9)4(3)8/h2-5,7-9H,1H2. The van der Waals surface area contributed by atoms with E-state index >= 15 is 0 Å². The Morgan fingerprint density at radius 1 is 1.40 bits per heavy atom. The zero-order valence-corrected chi connectivity index (χ0v) is 7.30. The van der Waals surface area contributed by atoms with Crippen molar-refractivity contribution in [2.24, 2.45) is 0 Å². The van der Waals surface area contributed by atoms with Crippen molar-refractivity contribution in [1.29, 1.82) is 0 Å². The Kier molecular flexibility index (Phi) is 2.87. The normalized spacial score (nSPS) is 48.0. The average Bonchev–Trinajstić information content (AvgIpc) is 2.17. The Hall–Kier alpha value is 0.570. The number of aliphatic hydroxyl groups is 3. The Labute approximate surface area is 72.0 Å². The van der Waals surface area contributed by atoms with Crippen molar-refractivity contribution in [2.45, 2.75) is 22.4 Å². The molecule has 4 atom stereocenters. The summed E-state index contributed by atoms with van der Waals surface area (Å²) in [5, 5.41) is 26.6. The summed E-state index contributed by atoms with van der Waals surface area (Å²) in [6, 6.07) is 0. The molecule has 0 aliphatic carbocycles. The molecule has 0 aromatic heterocycles. The van der Waals surface area contributed by atoms with Crippen molar-refractivity contribution in [3.63, 3.8) is 0 Å². The summed E-state index contributed by atoms with van der Waals surface area (Å²) >= 11 is 1.94. The minimum atomic E-state index is -1.14. The Balaban J connectivity index is 2.53. The van der Waals surface area contributed by atoms with E-state index in [1.807, 2.05) is 22.6 Å². The Morgan fingerprint density at radius 3 is 2.20 bits per heavy atom. The molecular weight excluding hydrogens is 251 g/mol. The quantitative estimate of drug-likeness (QED) is 0.412. The van der Waals surface area contributed by atoms with Crippen LogP contribution in [0.2, 0.25) is 0 Å². The lowest BCUT2D eigenvalue weighted by atomic mass is 10.2. The number of rotatable bonds is 1. The van der Waals surface area contributed by atoms with E-state index in [9.17, 15) is 0 Å². The van der Waals surface area contributed by atoms with Crippen molar-refractivity contribution < 1.29 is 20.1 Å². The summed E-state index contributed by atoms with van der Waals surface area (Å²) in [4.78, 5) is 0. The summed E-state index contributed by atoms with van der Waals surface area (Å²) < 4.78 is 4.56. The van der Waals surface area contributed by atoms with Gasteiger partial charge in [0.05, 0.1) is 16.6 Å². The molecule has 0 spiro atoms. The van der Waals surface area contributed by atoms with Gasteiger partial charge < -0.3 is 20.1 Å². The van der Waals surface area contributed by atoms with E-state index in [1.165, 1.54) is 0 Å². The van der Waals surface area contributed by atoms with E-state index in [0.29, 0.717) is 0 Å². The molecule has 0 aromatic rings. The Morgan fingerprint density at radius 2 is 2.00 bits per heavy atom. The van der Waals surface area contributed by atoms with Crippen LogP contribution in [0.25, 0.3) is 0 Å². The van der Waals surface area contributed by atoms with Gasteiger partial charge in [-0.2, -0.15) is 0 Å². The SMILES string of the molecule is OCC1OC(O)C(O)C1I. The van der Waals surface area contributed by atoms with Gasteiger partial charge in [0.15, 0.2) is 6.29 Å². The summed E-state index contributed by atoms with van der Waals surface area (Å²) in [5.41, 5.74) is 0. The van der Waals surface area contributed by atoms with Crippen LogP contribution < -0.4 is 0 Å². The summed E-state index contributed by atoms with van der Waals surface area (Å²) in [6.45, 7) is -0.165. The fourth-order valence-corrected chi connectivity index (χ4v) is 1.61. The van der Waals surface area contributed by atoms with Crippen molar-refractivity contribution in [1.82, 2.24) is 0 Å². The maximum absolute atomic E-state index is 9.07. The molecule has 1 heterocycles. The lowest BCUT2D eigenvalue weighted by Gasteiger charge is -2.08. The molecule has 0 radical (unpaired) electrons. The second-order valence-electron chi connectivity index (χ2n) is 2.18. The predicted molar refractivity (Wildman–Crippen MR) is 41.8 cm³/mol. The van der Waals surface area contributed by atoms with Crippen LogP contribution in [0.4, 0.5) is 0 Å². The van der Waals surface area contributed by atoms with E-state index in [1.54, 1.807) is 0 Å². The average molecular weight is 260 g/mol. The van der Waals surface area contributed by atoms with Crippen LogP contribution in [-0.2, 0) is 4.74 Å². The second-order valence-corrected chi connectivity index (χ2v) is 3.62. The largest absolute Gasteiger partial charge is 0.394 e. The highest BCUT2D eigenvalue weighted by molar-refractivity contribution is 14.1. The van der Waals surface area contributed by atoms with Crippen LogP contribution >= 0.6 is 22.6 Å². The van der Waals surface area contributed by atoms with Gasteiger partial charge in [-0.05, 0) is 0 Å². The Bertz CT molecular complexity index is 120. The molecule has 5 heteroatoms. The van der Waals surface area contributed by atoms with Crippen molar-refractivity contribution in [2.75, 3.05) is 6.61 Å². The molecule has 0 saturated carbocycles. The van der Waals surface area contributed by atoms with Crippen LogP contribution in [0.1, 0.15) is 0 Å². The highest BCUT2D eigenvalue weighted by atomic mass is 127. The molecule has 3 N–H and O–H groups in total. The van der Waals surface area contributed by atoms with Gasteiger partial charge in [-0.3, -0.25) is 0 Å². The zero-order chi connectivity index (χ0) is 7.72. The predicted octanol–water partition coefficient (Wildman–Crippen LogP) is -1.14. The molecule has 0 bridgehead atoms. The molecule has 1 aliphatic rings. The van der Waals surface area contributed by atoms with Crippen LogP contribution in [-0.4, -0.2) is 44.3 Å². The van der Waals surface area contributed by atoms with Gasteiger partial charge in [0.2, 0.25) is 0 Å². The summed E-state index contributed by atoms with van der Waals surface area (Å²) in [7, 11) is 0. The van der Waals surface area contributed by atoms with Crippen molar-refractivity contribution in [3.8, 4) is 0 Å². The third kappa shape index (κ3) is 1.42. The smallest absolute Gasteiger partial charge is 0.182 e. The maximum atomic E-state index is 9.07. The fourth-order valence-electron chi connectivity index (χ4n) is 0.856. The zero-order valence-electron chi connectivity index (χ0n) is 5.14. The molecule has 1 saturated heterocycles. The third-order valence-electron chi connectivity index (χ3n) is 1.47. The second kappa shape index (κ2) is 3.31. The van der Waals surface area contributed by atoms with Crippen molar-refractivity contribution >= 4 is 22.6 Å². The van der Waals surface area contributed by atoms with Gasteiger partial charge in [0.25, 0.3) is 0 Å². The minimum absolute atomic E-state index is 0.165. The maximum Gasteiger partial charge on any atom is 0.182 e. The number of halogens is 1. The van der Waals surface area contributed by atoms with E-state index < -0.39 is 18.5 Å². The lowest BCUT2D eigenvalue weighted by molar-refractivity contribution is -0.132. The lowest BCUT2D eigenvalue weighted by Crippen LogP contribution is -2.28. The van der Waals surface area contributed by atoms with Crippen LogP contribution in [0, 0.1) is 0 Å². The molecule has 1 aliphatic heterocycles. The molecule has 1 rings (SSSR count). The molecule has 10 heavy (non-hydrogen) atoms. The number of ether oxygens (including phenoxy) is 1. The number of hydrogen-bond acceptors (Lipinski definition) is 4.